The number of phosphoric ester groups is 1. The van der Waals surface area contributed by atoms with Crippen LogP contribution in [-0.4, -0.2) is 66.3 Å². The molecule has 3 atom stereocenters. The monoisotopic (exact) mass is 857 g/mol. The molecule has 0 aromatic heterocycles. The molecule has 0 saturated heterocycles. The van der Waals surface area contributed by atoms with E-state index in [-0.39, 0.29) is 25.6 Å². The van der Waals surface area contributed by atoms with Gasteiger partial charge in [0.15, 0.2) is 0 Å². The van der Waals surface area contributed by atoms with Gasteiger partial charge >= 0.3 is 13.8 Å². The second-order valence-electron chi connectivity index (χ2n) is 16.5. The molecule has 3 unspecified atom stereocenters. The summed E-state index contributed by atoms with van der Waals surface area (Å²) in [7, 11) is -4.52. The SMILES string of the molecule is CCCCCC/C=C\C/C=C\CCCCCCCCOCC(COP(=O)(O)OCC(O)CO)OC(=O)CCCCCCCCCCC/C=C\CCCCCCCCCC. The van der Waals surface area contributed by atoms with Gasteiger partial charge in [0.2, 0.25) is 0 Å². The molecule has 0 saturated carbocycles. The van der Waals surface area contributed by atoms with Crippen LogP contribution in [0.15, 0.2) is 36.5 Å². The molecule has 0 aliphatic rings. The van der Waals surface area contributed by atoms with Gasteiger partial charge in [0.1, 0.15) is 12.2 Å². The number of hydrogen-bond donors (Lipinski definition) is 3. The average molecular weight is 857 g/mol. The summed E-state index contributed by atoms with van der Waals surface area (Å²) in [6.07, 6.45) is 51.0. The van der Waals surface area contributed by atoms with Crippen LogP contribution in [0.2, 0.25) is 0 Å². The molecule has 0 aromatic carbocycles. The van der Waals surface area contributed by atoms with Crippen LogP contribution >= 0.6 is 7.82 Å². The number of aliphatic hydroxyl groups is 2. The molecule has 0 radical (unpaired) electrons. The Balaban J connectivity index is 4.11. The first kappa shape index (κ1) is 57.7. The van der Waals surface area contributed by atoms with Gasteiger partial charge in [0, 0.05) is 13.0 Å². The molecule has 0 aromatic rings. The highest BCUT2D eigenvalue weighted by Gasteiger charge is 2.26. The summed E-state index contributed by atoms with van der Waals surface area (Å²) in [6, 6.07) is 0. The van der Waals surface area contributed by atoms with Crippen LogP contribution < -0.4 is 0 Å². The first-order chi connectivity index (χ1) is 28.8. The van der Waals surface area contributed by atoms with Crippen LogP contribution in [0.1, 0.15) is 226 Å². The first-order valence-electron chi connectivity index (χ1n) is 24.5. The zero-order chi connectivity index (χ0) is 43.2. The largest absolute Gasteiger partial charge is 0.472 e. The molecular formula is C49H93O9P. The standard InChI is InChI=1S/C49H93O9P/c1-3-5-7-9-11-13-15-17-19-21-22-23-24-25-27-29-31-33-35-37-39-41-49(52)58-48(46-57-59(53,54)56-44-47(51)43-50)45-55-42-40-38-36-34-32-30-28-26-20-18-16-14-12-10-8-6-4-2/h14,16,20-22,26,47-48,50-51H,3-13,15,17-19,23-25,27-46H2,1-2H3,(H,53,54)/b16-14-,22-21-,26-20-. The topological polar surface area (TPSA) is 132 Å². The minimum atomic E-state index is -4.52. The molecule has 0 aliphatic carbocycles. The molecule has 3 N–H and O–H groups in total. The van der Waals surface area contributed by atoms with Gasteiger partial charge in [-0.15, -0.1) is 0 Å². The van der Waals surface area contributed by atoms with Crippen LogP contribution in [0.5, 0.6) is 0 Å². The highest BCUT2D eigenvalue weighted by Crippen LogP contribution is 2.43. The maximum Gasteiger partial charge on any atom is 0.472 e. The van der Waals surface area contributed by atoms with Gasteiger partial charge in [-0.2, -0.15) is 0 Å². The summed E-state index contributed by atoms with van der Waals surface area (Å²) in [5, 5.41) is 18.4. The molecule has 0 rings (SSSR count). The van der Waals surface area contributed by atoms with Crippen molar-refractivity contribution in [2.75, 3.05) is 33.0 Å². The van der Waals surface area contributed by atoms with Crippen LogP contribution in [-0.2, 0) is 27.9 Å². The normalized spacial score (nSPS) is 14.2. The number of aliphatic hydroxyl groups excluding tert-OH is 2. The van der Waals surface area contributed by atoms with Crippen LogP contribution in [0.4, 0.5) is 0 Å². The number of hydrogen-bond acceptors (Lipinski definition) is 8. The Hall–Kier alpha value is -1.32. The van der Waals surface area contributed by atoms with Crippen LogP contribution in [0.25, 0.3) is 0 Å². The number of carbonyl (C=O) groups is 1. The molecular weight excluding hydrogens is 764 g/mol. The summed E-state index contributed by atoms with van der Waals surface area (Å²) >= 11 is 0. The van der Waals surface area contributed by atoms with E-state index in [0.29, 0.717) is 6.61 Å². The molecule has 0 spiro atoms. The van der Waals surface area contributed by atoms with Crippen molar-refractivity contribution in [3.63, 3.8) is 0 Å². The fourth-order valence-electron chi connectivity index (χ4n) is 6.79. The first-order valence-corrected chi connectivity index (χ1v) is 26.0. The summed E-state index contributed by atoms with van der Waals surface area (Å²) in [6.45, 7) is 3.50. The Morgan fingerprint density at radius 1 is 0.525 bits per heavy atom. The summed E-state index contributed by atoms with van der Waals surface area (Å²) in [5.41, 5.74) is 0. The number of rotatable bonds is 47. The molecule has 348 valence electrons. The van der Waals surface area contributed by atoms with E-state index in [1.54, 1.807) is 0 Å². The molecule has 0 amide bonds. The van der Waals surface area contributed by atoms with Gasteiger partial charge in [0.25, 0.3) is 0 Å². The lowest BCUT2D eigenvalue weighted by Gasteiger charge is -2.20. The van der Waals surface area contributed by atoms with Crippen LogP contribution in [0, 0.1) is 0 Å². The Morgan fingerprint density at radius 2 is 0.915 bits per heavy atom. The van der Waals surface area contributed by atoms with Crippen molar-refractivity contribution in [2.45, 2.75) is 238 Å². The Morgan fingerprint density at radius 3 is 1.39 bits per heavy atom. The fourth-order valence-corrected chi connectivity index (χ4v) is 7.58. The van der Waals surface area contributed by atoms with E-state index in [4.69, 9.17) is 23.6 Å². The smallest absolute Gasteiger partial charge is 0.457 e. The number of esters is 1. The molecule has 0 heterocycles. The minimum Gasteiger partial charge on any atom is -0.457 e. The second kappa shape index (κ2) is 46.2. The summed E-state index contributed by atoms with van der Waals surface area (Å²) in [4.78, 5) is 22.7. The predicted octanol–water partition coefficient (Wildman–Crippen LogP) is 14.0. The fraction of sp³-hybridized carbons (Fsp3) is 0.857. The van der Waals surface area contributed by atoms with Crippen LogP contribution in [0.3, 0.4) is 0 Å². The summed E-state index contributed by atoms with van der Waals surface area (Å²) in [5.74, 6) is -0.387. The predicted molar refractivity (Wildman–Crippen MR) is 247 cm³/mol. The van der Waals surface area contributed by atoms with E-state index in [9.17, 15) is 19.4 Å². The zero-order valence-electron chi connectivity index (χ0n) is 38.2. The van der Waals surface area contributed by atoms with Gasteiger partial charge in [-0.25, -0.2) is 4.57 Å². The van der Waals surface area contributed by atoms with Gasteiger partial charge in [-0.1, -0.05) is 185 Å². The van der Waals surface area contributed by atoms with Crippen molar-refractivity contribution in [3.8, 4) is 0 Å². The van der Waals surface area contributed by atoms with E-state index in [0.717, 1.165) is 51.4 Å². The van der Waals surface area contributed by atoms with Crippen molar-refractivity contribution < 1.29 is 43.0 Å². The van der Waals surface area contributed by atoms with E-state index in [1.807, 2.05) is 0 Å². The molecule has 0 aliphatic heterocycles. The Bertz CT molecular complexity index is 1020. The average Bonchev–Trinajstić information content (AvgIpc) is 3.23. The number of allylic oxidation sites excluding steroid dienone is 6. The Kier molecular flexibility index (Phi) is 45.2. The Labute approximate surface area is 363 Å². The van der Waals surface area contributed by atoms with Crippen molar-refractivity contribution in [1.29, 1.82) is 0 Å². The quantitative estimate of drug-likeness (QED) is 0.0237. The maximum atomic E-state index is 12.7. The zero-order valence-corrected chi connectivity index (χ0v) is 39.1. The van der Waals surface area contributed by atoms with Gasteiger partial charge in [0.05, 0.1) is 26.4 Å². The number of unbranched alkanes of at least 4 members (excludes halogenated alkanes) is 27. The number of phosphoric acid groups is 1. The lowest BCUT2D eigenvalue weighted by Crippen LogP contribution is -2.29. The third kappa shape index (κ3) is 46.0. The highest BCUT2D eigenvalue weighted by atomic mass is 31.2. The van der Waals surface area contributed by atoms with Crippen molar-refractivity contribution >= 4 is 13.8 Å². The molecule has 9 nitrogen and oxygen atoms in total. The van der Waals surface area contributed by atoms with Gasteiger partial charge < -0.3 is 24.6 Å². The van der Waals surface area contributed by atoms with Crippen molar-refractivity contribution in [1.82, 2.24) is 0 Å². The highest BCUT2D eigenvalue weighted by molar-refractivity contribution is 7.47. The maximum absolute atomic E-state index is 12.7. The third-order valence-electron chi connectivity index (χ3n) is 10.5. The van der Waals surface area contributed by atoms with Gasteiger partial charge in [-0.05, 0) is 70.6 Å². The van der Waals surface area contributed by atoms with Crippen molar-refractivity contribution in [2.24, 2.45) is 0 Å². The van der Waals surface area contributed by atoms with E-state index in [1.165, 1.54) is 154 Å². The van der Waals surface area contributed by atoms with E-state index < -0.39 is 33.2 Å². The second-order valence-corrected chi connectivity index (χ2v) is 17.9. The lowest BCUT2D eigenvalue weighted by molar-refractivity contribution is -0.154. The third-order valence-corrected chi connectivity index (χ3v) is 11.5. The van der Waals surface area contributed by atoms with Gasteiger partial charge in [-0.3, -0.25) is 13.8 Å². The lowest BCUT2D eigenvalue weighted by atomic mass is 10.1. The number of carbonyl (C=O) groups excluding carboxylic acids is 1. The molecule has 59 heavy (non-hydrogen) atoms. The minimum absolute atomic E-state index is 0.0426. The number of ether oxygens (including phenoxy) is 2. The molecule has 0 fully saturated rings. The molecule has 0 bridgehead atoms. The van der Waals surface area contributed by atoms with Crippen molar-refractivity contribution in [3.05, 3.63) is 36.5 Å². The molecule has 10 heteroatoms. The van der Waals surface area contributed by atoms with E-state index >= 15 is 0 Å². The van der Waals surface area contributed by atoms with E-state index in [2.05, 4.69) is 50.3 Å². The summed E-state index contributed by atoms with van der Waals surface area (Å²) < 4.78 is 33.5.